The lowest BCUT2D eigenvalue weighted by atomic mass is 9.76. The highest BCUT2D eigenvalue weighted by atomic mass is 79.9. The van der Waals surface area contributed by atoms with Crippen molar-refractivity contribution in [3.63, 3.8) is 0 Å². The van der Waals surface area contributed by atoms with Gasteiger partial charge in [0, 0.05) is 10.0 Å². The standard InChI is InChI=1S/C39H31BrN4O4S2/c1-23-3-9-27(10-4-23)39(44-35(46)22-50,28-11-5-24(2)6-12-28)29-13-7-25(8-14-29)19-41-20-26-17-32-36(47)31-18-30(40)15-16-33(31)48-38(32)43-37(26)42-34(45)21-49/h3-18H,19,21-22H2,1-2H3,(H3,44,46,49,50)/p+1. The summed E-state index contributed by atoms with van der Waals surface area (Å²) in [6.45, 7) is 4.29. The SMILES string of the molecule is Cc1ccc(C(NC(=O)CS)(c2ccc(C)cc2)c2ccc(C[N+]#Cc3cc4c(=O)c5cc(Br)ccc5oc4nc3NC(=O)CS)cc2)cc1. The van der Waals surface area contributed by atoms with Crippen LogP contribution < -0.4 is 16.1 Å². The lowest BCUT2D eigenvalue weighted by molar-refractivity contribution is -0.119. The van der Waals surface area contributed by atoms with E-state index in [2.05, 4.69) is 67.7 Å². The highest BCUT2D eigenvalue weighted by Crippen LogP contribution is 2.37. The quantitative estimate of drug-likeness (QED) is 0.0720. The van der Waals surface area contributed by atoms with Crippen molar-refractivity contribution >= 4 is 80.9 Å². The second-order valence-electron chi connectivity index (χ2n) is 11.8. The van der Waals surface area contributed by atoms with Crippen molar-refractivity contribution in [1.82, 2.24) is 10.3 Å². The molecule has 2 heterocycles. The molecule has 0 aliphatic carbocycles. The van der Waals surface area contributed by atoms with Gasteiger partial charge in [-0.1, -0.05) is 105 Å². The number of hydrogen-bond acceptors (Lipinski definition) is 7. The van der Waals surface area contributed by atoms with Gasteiger partial charge in [0.25, 0.3) is 6.54 Å². The number of halogens is 1. The van der Waals surface area contributed by atoms with Crippen LogP contribution in [0.4, 0.5) is 5.82 Å². The number of benzene rings is 4. The zero-order valence-electron chi connectivity index (χ0n) is 27.2. The van der Waals surface area contributed by atoms with Gasteiger partial charge in [0.15, 0.2) is 5.82 Å². The zero-order valence-corrected chi connectivity index (χ0v) is 30.5. The number of carbonyl (C=O) groups is 2. The molecule has 250 valence electrons. The summed E-state index contributed by atoms with van der Waals surface area (Å²) in [5.41, 5.74) is 5.28. The van der Waals surface area contributed by atoms with Crippen LogP contribution in [0.25, 0.3) is 26.9 Å². The molecule has 0 aliphatic rings. The van der Waals surface area contributed by atoms with Crippen molar-refractivity contribution in [2.24, 2.45) is 0 Å². The zero-order chi connectivity index (χ0) is 35.4. The Bertz CT molecular complexity index is 2320. The van der Waals surface area contributed by atoms with Crippen LogP contribution in [-0.4, -0.2) is 28.3 Å². The Labute approximate surface area is 308 Å². The molecule has 6 aromatic rings. The lowest BCUT2D eigenvalue weighted by Gasteiger charge is -2.37. The fourth-order valence-corrected chi connectivity index (χ4v) is 6.27. The van der Waals surface area contributed by atoms with E-state index < -0.39 is 5.54 Å². The van der Waals surface area contributed by atoms with Crippen molar-refractivity contribution in [3.05, 3.63) is 156 Å². The van der Waals surface area contributed by atoms with Crippen molar-refractivity contribution in [1.29, 1.82) is 0 Å². The second-order valence-corrected chi connectivity index (χ2v) is 13.4. The van der Waals surface area contributed by atoms with Crippen LogP contribution in [-0.2, 0) is 21.7 Å². The summed E-state index contributed by atoms with van der Waals surface area (Å²) in [7, 11) is 0. The Kier molecular flexibility index (Phi) is 10.4. The van der Waals surface area contributed by atoms with E-state index in [0.29, 0.717) is 16.5 Å². The molecule has 0 unspecified atom stereocenters. The molecule has 0 aliphatic heterocycles. The molecule has 0 saturated carbocycles. The van der Waals surface area contributed by atoms with Crippen LogP contribution in [0.1, 0.15) is 38.9 Å². The smallest absolute Gasteiger partial charge is 0.315 e. The number of aromatic nitrogens is 1. The average Bonchev–Trinajstić information content (AvgIpc) is 3.12. The normalized spacial score (nSPS) is 11.2. The summed E-state index contributed by atoms with van der Waals surface area (Å²) in [5, 5.41) is 6.60. The van der Waals surface area contributed by atoms with Crippen molar-refractivity contribution in [3.8, 4) is 6.07 Å². The highest BCUT2D eigenvalue weighted by molar-refractivity contribution is 9.10. The number of rotatable bonds is 8. The Morgan fingerprint density at radius 1 is 0.820 bits per heavy atom. The Balaban J connectivity index is 1.39. The van der Waals surface area contributed by atoms with Crippen LogP contribution in [0, 0.1) is 19.9 Å². The van der Waals surface area contributed by atoms with E-state index in [1.54, 1.807) is 24.3 Å². The summed E-state index contributed by atoms with van der Waals surface area (Å²) in [6.07, 6.45) is 0. The van der Waals surface area contributed by atoms with Gasteiger partial charge in [0.2, 0.25) is 23.0 Å². The molecule has 0 spiro atoms. The number of nitrogens with zero attached hydrogens (tertiary/aromatic N) is 2. The first kappa shape index (κ1) is 35.0. The topological polar surface area (TPSA) is 106 Å². The van der Waals surface area contributed by atoms with E-state index in [1.807, 2.05) is 86.6 Å². The monoisotopic (exact) mass is 763 g/mol. The molecule has 6 rings (SSSR count). The molecule has 2 N–H and O–H groups in total. The van der Waals surface area contributed by atoms with Gasteiger partial charge in [-0.05, 0) is 54.8 Å². The van der Waals surface area contributed by atoms with E-state index in [9.17, 15) is 14.4 Å². The minimum atomic E-state index is -0.979. The fourth-order valence-electron chi connectivity index (χ4n) is 5.76. The summed E-state index contributed by atoms with van der Waals surface area (Å²) in [4.78, 5) is 47.7. The predicted octanol–water partition coefficient (Wildman–Crippen LogP) is 7.81. The molecule has 0 radical (unpaired) electrons. The van der Waals surface area contributed by atoms with Crippen molar-refractivity contribution < 1.29 is 14.0 Å². The number of amides is 2. The first-order valence-corrected chi connectivity index (χ1v) is 17.7. The molecule has 4 aromatic carbocycles. The Morgan fingerprint density at radius 3 is 1.98 bits per heavy atom. The Morgan fingerprint density at radius 2 is 1.40 bits per heavy atom. The predicted molar refractivity (Wildman–Crippen MR) is 209 cm³/mol. The number of pyridine rings is 1. The van der Waals surface area contributed by atoms with Crippen molar-refractivity contribution in [2.45, 2.75) is 25.9 Å². The van der Waals surface area contributed by atoms with Crippen LogP contribution in [0.2, 0.25) is 0 Å². The van der Waals surface area contributed by atoms with Gasteiger partial charge < -0.3 is 15.1 Å². The number of hydrogen-bond donors (Lipinski definition) is 4. The van der Waals surface area contributed by atoms with Crippen LogP contribution >= 0.6 is 41.2 Å². The number of aryl methyl sites for hydroxylation is 2. The van der Waals surface area contributed by atoms with Gasteiger partial charge in [-0.15, -0.1) is 0 Å². The van der Waals surface area contributed by atoms with Gasteiger partial charge in [0.1, 0.15) is 16.7 Å². The number of thiol groups is 2. The third kappa shape index (κ3) is 7.19. The maximum Gasteiger partial charge on any atom is 0.315 e. The van der Waals surface area contributed by atoms with E-state index in [0.717, 1.165) is 37.9 Å². The summed E-state index contributed by atoms with van der Waals surface area (Å²) in [5.74, 6) is -0.493. The summed E-state index contributed by atoms with van der Waals surface area (Å²) >= 11 is 11.7. The van der Waals surface area contributed by atoms with Crippen LogP contribution in [0.5, 0.6) is 0 Å². The largest absolute Gasteiger partial charge is 0.437 e. The van der Waals surface area contributed by atoms with E-state index >= 15 is 0 Å². The second kappa shape index (κ2) is 14.9. The molecule has 11 heteroatoms. The van der Waals surface area contributed by atoms with Gasteiger partial charge >= 0.3 is 6.07 Å². The lowest BCUT2D eigenvalue weighted by Crippen LogP contribution is -2.48. The summed E-state index contributed by atoms with van der Waals surface area (Å²) in [6, 6.07) is 33.8. The molecule has 8 nitrogen and oxygen atoms in total. The van der Waals surface area contributed by atoms with E-state index in [-0.39, 0.29) is 52.2 Å². The van der Waals surface area contributed by atoms with E-state index in [1.165, 1.54) is 0 Å². The number of anilines is 1. The van der Waals surface area contributed by atoms with E-state index in [4.69, 9.17) is 4.42 Å². The molecule has 0 bridgehead atoms. The van der Waals surface area contributed by atoms with Crippen LogP contribution in [0.3, 0.4) is 0 Å². The number of fused-ring (bicyclic) bond motifs is 2. The maximum absolute atomic E-state index is 13.4. The fraction of sp³-hybridized carbons (Fsp3) is 0.154. The van der Waals surface area contributed by atoms with Gasteiger partial charge in [-0.25, -0.2) is 0 Å². The molecule has 0 fully saturated rings. The maximum atomic E-state index is 13.4. The molecular weight excluding hydrogens is 732 g/mol. The molecule has 2 amide bonds. The van der Waals surface area contributed by atoms with Gasteiger partial charge in [0.05, 0.1) is 22.3 Å². The van der Waals surface area contributed by atoms with Gasteiger partial charge in [-0.2, -0.15) is 30.2 Å². The first-order chi connectivity index (χ1) is 24.1. The third-order valence-corrected chi connectivity index (χ3v) is 9.38. The molecule has 2 aromatic heterocycles. The average molecular weight is 765 g/mol. The van der Waals surface area contributed by atoms with Gasteiger partial charge in [-0.3, -0.25) is 14.4 Å². The first-order valence-electron chi connectivity index (χ1n) is 15.7. The molecule has 0 saturated heterocycles. The molecular formula is C39H32BrN4O4S2+. The number of nitrogens with one attached hydrogen (secondary N) is 2. The minimum absolute atomic E-state index is 0.0257. The summed E-state index contributed by atoms with van der Waals surface area (Å²) < 4.78 is 6.66. The molecule has 0 atom stereocenters. The Hall–Kier alpha value is -4.89. The number of carbonyl (C=O) groups excluding carboxylic acids is 2. The minimum Gasteiger partial charge on any atom is -0.437 e. The third-order valence-electron chi connectivity index (χ3n) is 8.31. The highest BCUT2D eigenvalue weighted by Gasteiger charge is 2.38. The van der Waals surface area contributed by atoms with Crippen molar-refractivity contribution in [2.75, 3.05) is 16.8 Å². The molecule has 50 heavy (non-hydrogen) atoms. The van der Waals surface area contributed by atoms with Crippen LogP contribution in [0.15, 0.2) is 111 Å².